The van der Waals surface area contributed by atoms with Crippen molar-refractivity contribution in [1.29, 1.82) is 0 Å². The molecule has 0 aromatic heterocycles. The molecule has 8 heteroatoms. The highest BCUT2D eigenvalue weighted by molar-refractivity contribution is 6.31. The Hall–Kier alpha value is -2.64. The van der Waals surface area contributed by atoms with Gasteiger partial charge in [-0.15, -0.1) is 0 Å². The maximum Gasteiger partial charge on any atom is 0.191 e. The van der Waals surface area contributed by atoms with Crippen molar-refractivity contribution in [2.75, 3.05) is 45.3 Å². The number of aliphatic hydroxyl groups is 1. The summed E-state index contributed by atoms with van der Waals surface area (Å²) in [4.78, 5) is 6.87. The van der Waals surface area contributed by atoms with Gasteiger partial charge in [0.25, 0.3) is 0 Å². The molecule has 31 heavy (non-hydrogen) atoms. The van der Waals surface area contributed by atoms with Crippen molar-refractivity contribution in [2.45, 2.75) is 25.5 Å². The van der Waals surface area contributed by atoms with Crippen molar-refractivity contribution in [2.24, 2.45) is 4.99 Å². The first kappa shape index (κ1) is 23.0. The van der Waals surface area contributed by atoms with Crippen LogP contribution in [0.5, 0.6) is 11.5 Å². The van der Waals surface area contributed by atoms with Crippen LogP contribution in [-0.4, -0.2) is 57.5 Å². The molecule has 2 atom stereocenters. The number of guanidine groups is 1. The lowest BCUT2D eigenvalue weighted by Crippen LogP contribution is -2.44. The Morgan fingerprint density at radius 2 is 1.94 bits per heavy atom. The van der Waals surface area contributed by atoms with Gasteiger partial charge >= 0.3 is 0 Å². The van der Waals surface area contributed by atoms with Gasteiger partial charge in [-0.3, -0.25) is 4.99 Å². The Balaban J connectivity index is 1.63. The third-order valence-electron chi connectivity index (χ3n) is 5.26. The third kappa shape index (κ3) is 6.18. The number of hydrogen-bond acceptors (Lipinski definition) is 5. The molecule has 1 aliphatic rings. The number of hydrogen-bond donors (Lipinski definition) is 3. The van der Waals surface area contributed by atoms with E-state index < -0.39 is 6.10 Å². The van der Waals surface area contributed by atoms with Crippen molar-refractivity contribution in [3.05, 3.63) is 53.1 Å². The molecule has 1 saturated heterocycles. The number of halogens is 1. The summed E-state index contributed by atoms with van der Waals surface area (Å²) in [6.07, 6.45) is 0.213. The van der Waals surface area contributed by atoms with E-state index in [0.717, 1.165) is 43.2 Å². The first-order chi connectivity index (χ1) is 15.0. The molecule has 1 fully saturated rings. The standard InChI is InChI=1S/C23H31ClN4O3/c1-4-25-23(26-14-22(29)20-7-5-6-8-21(20)24)27-16-9-10-28(15-16)17-11-18(30-2)13-19(12-17)31-3/h5-8,11-13,16,22,29H,4,9-10,14-15H2,1-3H3,(H2,25,26,27). The number of methoxy groups -OCH3 is 2. The van der Waals surface area contributed by atoms with Crippen LogP contribution in [0.15, 0.2) is 47.5 Å². The summed E-state index contributed by atoms with van der Waals surface area (Å²) < 4.78 is 10.8. The SMILES string of the molecule is CCNC(=NCC(O)c1ccccc1Cl)NC1CCN(c2cc(OC)cc(OC)c2)C1. The summed E-state index contributed by atoms with van der Waals surface area (Å²) >= 11 is 6.19. The molecule has 0 bridgehead atoms. The number of aliphatic imine (C=N–C) groups is 1. The fraction of sp³-hybridized carbons (Fsp3) is 0.435. The predicted octanol–water partition coefficient (Wildman–Crippen LogP) is 3.22. The quantitative estimate of drug-likeness (QED) is 0.427. The Morgan fingerprint density at radius 3 is 2.58 bits per heavy atom. The van der Waals surface area contributed by atoms with Crippen LogP contribution in [0.2, 0.25) is 5.02 Å². The van der Waals surface area contributed by atoms with E-state index in [-0.39, 0.29) is 12.6 Å². The Kier molecular flexibility index (Phi) is 8.26. The highest BCUT2D eigenvalue weighted by atomic mass is 35.5. The molecule has 2 unspecified atom stereocenters. The molecular formula is C23H31ClN4O3. The van der Waals surface area contributed by atoms with Crippen molar-refractivity contribution in [3.63, 3.8) is 0 Å². The molecule has 0 aliphatic carbocycles. The van der Waals surface area contributed by atoms with E-state index >= 15 is 0 Å². The van der Waals surface area contributed by atoms with Gasteiger partial charge in [0.1, 0.15) is 17.6 Å². The Labute approximate surface area is 189 Å². The fourth-order valence-electron chi connectivity index (χ4n) is 3.62. The topological polar surface area (TPSA) is 78.4 Å². The molecule has 1 aliphatic heterocycles. The number of anilines is 1. The summed E-state index contributed by atoms with van der Waals surface area (Å²) in [5.74, 6) is 2.23. The lowest BCUT2D eigenvalue weighted by atomic mass is 10.1. The van der Waals surface area contributed by atoms with Gasteiger partial charge in [0.15, 0.2) is 5.96 Å². The molecule has 0 spiro atoms. The maximum atomic E-state index is 10.5. The molecule has 0 saturated carbocycles. The zero-order valence-corrected chi connectivity index (χ0v) is 19.0. The summed E-state index contributed by atoms with van der Waals surface area (Å²) in [6.45, 7) is 4.72. The van der Waals surface area contributed by atoms with Crippen LogP contribution < -0.4 is 25.0 Å². The van der Waals surface area contributed by atoms with Gasteiger partial charge in [-0.2, -0.15) is 0 Å². The van der Waals surface area contributed by atoms with E-state index in [4.69, 9.17) is 21.1 Å². The maximum absolute atomic E-state index is 10.5. The van der Waals surface area contributed by atoms with Crippen LogP contribution in [0.1, 0.15) is 25.0 Å². The number of nitrogens with one attached hydrogen (secondary N) is 2. The second-order valence-electron chi connectivity index (χ2n) is 7.40. The van der Waals surface area contributed by atoms with Crippen molar-refractivity contribution < 1.29 is 14.6 Å². The van der Waals surface area contributed by atoms with Crippen LogP contribution in [0.3, 0.4) is 0 Å². The number of aliphatic hydroxyl groups excluding tert-OH is 1. The van der Waals surface area contributed by atoms with E-state index in [0.29, 0.717) is 16.5 Å². The minimum atomic E-state index is -0.756. The molecule has 7 nitrogen and oxygen atoms in total. The van der Waals surface area contributed by atoms with Crippen LogP contribution in [0, 0.1) is 0 Å². The lowest BCUT2D eigenvalue weighted by molar-refractivity contribution is 0.187. The predicted molar refractivity (Wildman–Crippen MR) is 126 cm³/mol. The average Bonchev–Trinajstić information content (AvgIpc) is 3.26. The summed E-state index contributed by atoms with van der Waals surface area (Å²) in [6, 6.07) is 13.4. The second kappa shape index (κ2) is 11.1. The van der Waals surface area contributed by atoms with Crippen molar-refractivity contribution in [1.82, 2.24) is 10.6 Å². The lowest BCUT2D eigenvalue weighted by Gasteiger charge is -2.21. The normalized spacial score (nSPS) is 17.4. The van der Waals surface area contributed by atoms with Crippen LogP contribution in [0.4, 0.5) is 5.69 Å². The number of benzene rings is 2. The third-order valence-corrected chi connectivity index (χ3v) is 5.61. The summed E-state index contributed by atoms with van der Waals surface area (Å²) in [7, 11) is 3.31. The molecule has 0 amide bonds. The van der Waals surface area contributed by atoms with Gasteiger partial charge in [0.05, 0.1) is 20.8 Å². The van der Waals surface area contributed by atoms with Gasteiger partial charge < -0.3 is 30.1 Å². The minimum Gasteiger partial charge on any atom is -0.497 e. The monoisotopic (exact) mass is 446 g/mol. The van der Waals surface area contributed by atoms with Crippen LogP contribution in [-0.2, 0) is 0 Å². The van der Waals surface area contributed by atoms with E-state index in [9.17, 15) is 5.11 Å². The fourth-order valence-corrected chi connectivity index (χ4v) is 3.88. The summed E-state index contributed by atoms with van der Waals surface area (Å²) in [5.41, 5.74) is 1.75. The largest absolute Gasteiger partial charge is 0.497 e. The van der Waals surface area contributed by atoms with Crippen LogP contribution >= 0.6 is 11.6 Å². The van der Waals surface area contributed by atoms with Gasteiger partial charge in [-0.1, -0.05) is 29.8 Å². The number of ether oxygens (including phenoxy) is 2. The van der Waals surface area contributed by atoms with Crippen molar-refractivity contribution >= 4 is 23.2 Å². The van der Waals surface area contributed by atoms with E-state index in [2.05, 4.69) is 20.5 Å². The molecule has 1 heterocycles. The molecule has 168 valence electrons. The Morgan fingerprint density at radius 1 is 1.23 bits per heavy atom. The first-order valence-electron chi connectivity index (χ1n) is 10.5. The zero-order chi connectivity index (χ0) is 22.2. The minimum absolute atomic E-state index is 0.225. The molecule has 0 radical (unpaired) electrons. The summed E-state index contributed by atoms with van der Waals surface area (Å²) in [5, 5.41) is 17.8. The van der Waals surface area contributed by atoms with Crippen molar-refractivity contribution in [3.8, 4) is 11.5 Å². The van der Waals surface area contributed by atoms with Gasteiger partial charge in [0.2, 0.25) is 0 Å². The van der Waals surface area contributed by atoms with Crippen LogP contribution in [0.25, 0.3) is 0 Å². The van der Waals surface area contributed by atoms with Gasteiger partial charge in [0, 0.05) is 60.1 Å². The van der Waals surface area contributed by atoms with Gasteiger partial charge in [-0.25, -0.2) is 0 Å². The smallest absolute Gasteiger partial charge is 0.191 e. The highest BCUT2D eigenvalue weighted by Gasteiger charge is 2.24. The Bertz CT molecular complexity index is 871. The average molecular weight is 447 g/mol. The van der Waals surface area contributed by atoms with Gasteiger partial charge in [-0.05, 0) is 19.4 Å². The highest BCUT2D eigenvalue weighted by Crippen LogP contribution is 2.30. The number of rotatable bonds is 8. The van der Waals surface area contributed by atoms with E-state index in [1.165, 1.54) is 0 Å². The molecule has 3 rings (SSSR count). The van der Waals surface area contributed by atoms with E-state index in [1.54, 1.807) is 20.3 Å². The molecule has 3 N–H and O–H groups in total. The number of nitrogens with zero attached hydrogens (tertiary/aromatic N) is 2. The first-order valence-corrected chi connectivity index (χ1v) is 10.9. The molecule has 2 aromatic rings. The molecule has 2 aromatic carbocycles. The zero-order valence-electron chi connectivity index (χ0n) is 18.3. The van der Waals surface area contributed by atoms with E-state index in [1.807, 2.05) is 43.3 Å². The second-order valence-corrected chi connectivity index (χ2v) is 7.81. The molecular weight excluding hydrogens is 416 g/mol.